The Morgan fingerprint density at radius 2 is 2.29 bits per heavy atom. The number of sulfonamides is 1. The fourth-order valence-electron chi connectivity index (χ4n) is 1.33. The Hall–Kier alpha value is -0.830. The average Bonchev–Trinajstić information content (AvgIpc) is 2.28. The van der Waals surface area contributed by atoms with E-state index in [4.69, 9.17) is 5.84 Å². The number of rotatable bonds is 6. The van der Waals surface area contributed by atoms with Gasteiger partial charge in [0.2, 0.25) is 10.0 Å². The Balaban J connectivity index is 2.97. The van der Waals surface area contributed by atoms with Crippen LogP contribution in [0.15, 0.2) is 23.2 Å². The molecule has 17 heavy (non-hydrogen) atoms. The fraction of sp³-hybridized carbons (Fsp3) is 0.444. The molecule has 0 aliphatic heterocycles. The minimum Gasteiger partial charge on any atom is -0.307 e. The minimum atomic E-state index is -3.59. The molecule has 0 saturated carbocycles. The Labute approximate surface area is 105 Å². The zero-order chi connectivity index (χ0) is 12.9. The highest BCUT2D eigenvalue weighted by atomic mass is 32.2. The SMILES string of the molecule is CSCC(C)NS(=O)(=O)c1cccnc1NN. The van der Waals surface area contributed by atoms with Crippen LogP contribution in [-0.2, 0) is 10.0 Å². The number of nitrogens with one attached hydrogen (secondary N) is 2. The third kappa shape index (κ3) is 3.84. The molecule has 0 aliphatic rings. The molecule has 0 saturated heterocycles. The molecule has 0 aromatic carbocycles. The summed E-state index contributed by atoms with van der Waals surface area (Å²) in [7, 11) is -3.59. The van der Waals surface area contributed by atoms with Crippen LogP contribution >= 0.6 is 11.8 Å². The van der Waals surface area contributed by atoms with Crippen molar-refractivity contribution in [2.75, 3.05) is 17.4 Å². The van der Waals surface area contributed by atoms with Gasteiger partial charge >= 0.3 is 0 Å². The van der Waals surface area contributed by atoms with Gasteiger partial charge in [-0.3, -0.25) is 0 Å². The van der Waals surface area contributed by atoms with Crippen molar-refractivity contribution >= 4 is 27.6 Å². The van der Waals surface area contributed by atoms with Crippen LogP contribution in [0.3, 0.4) is 0 Å². The first kappa shape index (κ1) is 14.2. The van der Waals surface area contributed by atoms with Crippen molar-refractivity contribution in [3.63, 3.8) is 0 Å². The Bertz CT molecular complexity index is 464. The minimum absolute atomic E-state index is 0.0513. The quantitative estimate of drug-likeness (QED) is 0.514. The predicted octanol–water partition coefficient (Wildman–Crippen LogP) is 0.397. The largest absolute Gasteiger partial charge is 0.307 e. The zero-order valence-electron chi connectivity index (χ0n) is 9.67. The second-order valence-corrected chi connectivity index (χ2v) is 6.07. The van der Waals surface area contributed by atoms with Gasteiger partial charge in [0.25, 0.3) is 0 Å². The first-order valence-corrected chi connectivity index (χ1v) is 7.82. The molecule has 96 valence electrons. The van der Waals surface area contributed by atoms with E-state index in [1.54, 1.807) is 24.8 Å². The molecule has 0 radical (unpaired) electrons. The lowest BCUT2D eigenvalue weighted by atomic mass is 10.4. The molecule has 1 aromatic rings. The molecule has 4 N–H and O–H groups in total. The van der Waals surface area contributed by atoms with Gasteiger partial charge in [-0.15, -0.1) is 0 Å². The maximum absolute atomic E-state index is 12.0. The summed E-state index contributed by atoms with van der Waals surface area (Å²) in [5.74, 6) is 6.06. The van der Waals surface area contributed by atoms with E-state index in [2.05, 4.69) is 15.1 Å². The second kappa shape index (κ2) is 6.20. The summed E-state index contributed by atoms with van der Waals surface area (Å²) in [5.41, 5.74) is 2.27. The fourth-order valence-corrected chi connectivity index (χ4v) is 3.38. The highest BCUT2D eigenvalue weighted by Gasteiger charge is 2.20. The van der Waals surface area contributed by atoms with Gasteiger partial charge in [0.15, 0.2) is 5.82 Å². The Morgan fingerprint density at radius 1 is 1.59 bits per heavy atom. The molecule has 1 heterocycles. The summed E-state index contributed by atoms with van der Waals surface area (Å²) in [6.45, 7) is 1.81. The van der Waals surface area contributed by atoms with Crippen LogP contribution in [0.4, 0.5) is 5.82 Å². The average molecular weight is 276 g/mol. The summed E-state index contributed by atoms with van der Waals surface area (Å²) >= 11 is 1.57. The van der Waals surface area contributed by atoms with E-state index in [1.165, 1.54) is 12.3 Å². The molecule has 6 nitrogen and oxygen atoms in total. The Morgan fingerprint density at radius 3 is 2.88 bits per heavy atom. The molecule has 0 spiro atoms. The van der Waals surface area contributed by atoms with Crippen molar-refractivity contribution in [3.05, 3.63) is 18.3 Å². The highest BCUT2D eigenvalue weighted by Crippen LogP contribution is 2.17. The lowest BCUT2D eigenvalue weighted by molar-refractivity contribution is 0.571. The van der Waals surface area contributed by atoms with Crippen LogP contribution in [0.25, 0.3) is 0 Å². The molecular weight excluding hydrogens is 260 g/mol. The number of nitrogens with two attached hydrogens (primary N) is 1. The smallest absolute Gasteiger partial charge is 0.244 e. The van der Waals surface area contributed by atoms with E-state index in [9.17, 15) is 8.42 Å². The number of aromatic nitrogens is 1. The number of anilines is 1. The van der Waals surface area contributed by atoms with Gasteiger partial charge in [0, 0.05) is 18.0 Å². The molecule has 1 aromatic heterocycles. The number of nitrogens with zero attached hydrogens (tertiary/aromatic N) is 1. The molecule has 1 unspecified atom stereocenters. The number of pyridine rings is 1. The predicted molar refractivity (Wildman–Crippen MR) is 70.2 cm³/mol. The summed E-state index contributed by atoms with van der Waals surface area (Å²) in [6.07, 6.45) is 3.39. The lowest BCUT2D eigenvalue weighted by Crippen LogP contribution is -2.35. The van der Waals surface area contributed by atoms with Crippen LogP contribution in [0, 0.1) is 0 Å². The molecule has 0 bridgehead atoms. The van der Waals surface area contributed by atoms with Crippen molar-refractivity contribution in [2.45, 2.75) is 17.9 Å². The normalized spacial score (nSPS) is 13.4. The van der Waals surface area contributed by atoms with E-state index in [1.807, 2.05) is 6.26 Å². The van der Waals surface area contributed by atoms with E-state index in [0.29, 0.717) is 5.75 Å². The van der Waals surface area contributed by atoms with Crippen LogP contribution in [0.5, 0.6) is 0 Å². The number of hydrogen-bond donors (Lipinski definition) is 3. The topological polar surface area (TPSA) is 97.1 Å². The van der Waals surface area contributed by atoms with Gasteiger partial charge in [0.05, 0.1) is 0 Å². The maximum Gasteiger partial charge on any atom is 0.244 e. The van der Waals surface area contributed by atoms with E-state index in [-0.39, 0.29) is 16.8 Å². The van der Waals surface area contributed by atoms with Gasteiger partial charge in [0.1, 0.15) is 4.90 Å². The number of thioether (sulfide) groups is 1. The molecule has 1 rings (SSSR count). The molecule has 0 fully saturated rings. The molecule has 0 aliphatic carbocycles. The highest BCUT2D eigenvalue weighted by molar-refractivity contribution is 7.98. The molecule has 8 heteroatoms. The lowest BCUT2D eigenvalue weighted by Gasteiger charge is -2.14. The van der Waals surface area contributed by atoms with E-state index >= 15 is 0 Å². The third-order valence-electron chi connectivity index (χ3n) is 1.97. The number of hydrogen-bond acceptors (Lipinski definition) is 6. The summed E-state index contributed by atoms with van der Waals surface area (Å²) in [5, 5.41) is 0. The van der Waals surface area contributed by atoms with Crippen LogP contribution < -0.4 is 16.0 Å². The van der Waals surface area contributed by atoms with E-state index < -0.39 is 10.0 Å². The standard InChI is InChI=1S/C9H16N4O2S2/c1-7(6-16-2)13-17(14,15)8-4-3-5-11-9(8)12-10/h3-5,7,13H,6,10H2,1-2H3,(H,11,12). The van der Waals surface area contributed by atoms with Crippen molar-refractivity contribution < 1.29 is 8.42 Å². The van der Waals surface area contributed by atoms with Gasteiger partial charge < -0.3 is 5.43 Å². The van der Waals surface area contributed by atoms with Crippen molar-refractivity contribution in [1.29, 1.82) is 0 Å². The summed E-state index contributed by atoms with van der Waals surface area (Å²) in [6, 6.07) is 2.85. The Kier molecular flexibility index (Phi) is 5.19. The maximum atomic E-state index is 12.0. The van der Waals surface area contributed by atoms with Gasteiger partial charge in [-0.05, 0) is 25.3 Å². The van der Waals surface area contributed by atoms with Crippen LogP contribution in [-0.4, -0.2) is 31.5 Å². The van der Waals surface area contributed by atoms with Crippen molar-refractivity contribution in [2.24, 2.45) is 5.84 Å². The zero-order valence-corrected chi connectivity index (χ0v) is 11.3. The van der Waals surface area contributed by atoms with Crippen LogP contribution in [0.2, 0.25) is 0 Å². The number of hydrazine groups is 1. The molecular formula is C9H16N4O2S2. The third-order valence-corrected chi connectivity index (χ3v) is 4.42. The van der Waals surface area contributed by atoms with Crippen LogP contribution in [0.1, 0.15) is 6.92 Å². The first-order valence-electron chi connectivity index (χ1n) is 4.94. The molecule has 0 amide bonds. The number of nitrogen functional groups attached to an aromatic ring is 1. The van der Waals surface area contributed by atoms with Crippen molar-refractivity contribution in [3.8, 4) is 0 Å². The summed E-state index contributed by atoms with van der Waals surface area (Å²) < 4.78 is 26.6. The molecule has 1 atom stereocenters. The van der Waals surface area contributed by atoms with Gasteiger partial charge in [-0.25, -0.2) is 24.0 Å². The van der Waals surface area contributed by atoms with Gasteiger partial charge in [-0.2, -0.15) is 11.8 Å². The monoisotopic (exact) mass is 276 g/mol. The second-order valence-electron chi connectivity index (χ2n) is 3.47. The summed E-state index contributed by atoms with van der Waals surface area (Å²) in [4.78, 5) is 3.91. The first-order chi connectivity index (χ1) is 8.01. The van der Waals surface area contributed by atoms with E-state index in [0.717, 1.165) is 0 Å². The van der Waals surface area contributed by atoms with Crippen molar-refractivity contribution in [1.82, 2.24) is 9.71 Å². The van der Waals surface area contributed by atoms with Gasteiger partial charge in [-0.1, -0.05) is 0 Å².